The summed E-state index contributed by atoms with van der Waals surface area (Å²) in [6.45, 7) is 5.56. The molecule has 0 bridgehead atoms. The molecule has 2 aromatic rings. The van der Waals surface area contributed by atoms with Gasteiger partial charge in [-0.15, -0.1) is 0 Å². The van der Waals surface area contributed by atoms with E-state index in [1.54, 1.807) is 7.11 Å². The van der Waals surface area contributed by atoms with Crippen LogP contribution < -0.4 is 9.47 Å². The number of methoxy groups -OCH3 is 1. The van der Waals surface area contributed by atoms with Crippen LogP contribution in [0, 0.1) is 6.92 Å². The largest absolute Gasteiger partial charge is 0.493 e. The zero-order valence-electron chi connectivity index (χ0n) is 15.0. The highest BCUT2D eigenvalue weighted by molar-refractivity contribution is 9.10. The van der Waals surface area contributed by atoms with E-state index in [1.807, 2.05) is 12.1 Å². The molecule has 1 fully saturated rings. The first-order chi connectivity index (χ1) is 12.6. The fraction of sp³-hybridized carbons (Fsp3) is 0.350. The van der Waals surface area contributed by atoms with Crippen molar-refractivity contribution in [2.24, 2.45) is 0 Å². The Morgan fingerprint density at radius 3 is 2.50 bits per heavy atom. The third kappa shape index (κ3) is 4.55. The zero-order chi connectivity index (χ0) is 18.5. The van der Waals surface area contributed by atoms with Gasteiger partial charge in [-0.05, 0) is 40.5 Å². The van der Waals surface area contributed by atoms with Gasteiger partial charge < -0.3 is 19.1 Å². The Kier molecular flexibility index (Phi) is 6.51. The lowest BCUT2D eigenvalue weighted by molar-refractivity contribution is 0.0692. The Labute approximate surface area is 168 Å². The quantitative estimate of drug-likeness (QED) is 0.651. The molecular weight excluding hydrogens is 414 g/mol. The summed E-state index contributed by atoms with van der Waals surface area (Å²) in [5.74, 6) is 1.36. The molecule has 0 spiro atoms. The number of rotatable bonds is 5. The standard InChI is InChI=1S/C20H22BrNO3S/c1-14-3-5-15(6-4-14)13-25-19-12-17(21)16(11-18(19)23-2)20(26)22-7-9-24-10-8-22/h3-6,11-12H,7-10,13H2,1-2H3. The van der Waals surface area contributed by atoms with E-state index >= 15 is 0 Å². The van der Waals surface area contributed by atoms with Gasteiger partial charge in [-0.1, -0.05) is 42.0 Å². The molecule has 0 amide bonds. The fourth-order valence-corrected chi connectivity index (χ4v) is 3.75. The van der Waals surface area contributed by atoms with Crippen LogP contribution in [-0.4, -0.2) is 43.3 Å². The van der Waals surface area contributed by atoms with Crippen LogP contribution in [-0.2, 0) is 11.3 Å². The molecule has 26 heavy (non-hydrogen) atoms. The van der Waals surface area contributed by atoms with Crippen LogP contribution in [0.4, 0.5) is 0 Å². The first kappa shape index (κ1) is 19.1. The third-order valence-corrected chi connectivity index (χ3v) is 5.43. The van der Waals surface area contributed by atoms with Gasteiger partial charge >= 0.3 is 0 Å². The highest BCUT2D eigenvalue weighted by Crippen LogP contribution is 2.35. The molecular formula is C20H22BrNO3S. The summed E-state index contributed by atoms with van der Waals surface area (Å²) in [5.41, 5.74) is 3.28. The van der Waals surface area contributed by atoms with Gasteiger partial charge in [0, 0.05) is 23.1 Å². The maximum Gasteiger partial charge on any atom is 0.162 e. The fourth-order valence-electron chi connectivity index (χ4n) is 2.75. The van der Waals surface area contributed by atoms with E-state index in [2.05, 4.69) is 52.0 Å². The van der Waals surface area contributed by atoms with Gasteiger partial charge in [-0.3, -0.25) is 0 Å². The molecule has 6 heteroatoms. The molecule has 0 aromatic heterocycles. The molecule has 2 aromatic carbocycles. The van der Waals surface area contributed by atoms with Crippen molar-refractivity contribution in [3.05, 3.63) is 57.6 Å². The van der Waals surface area contributed by atoms with Crippen molar-refractivity contribution in [1.82, 2.24) is 4.90 Å². The number of aryl methyl sites for hydroxylation is 1. The van der Waals surface area contributed by atoms with Gasteiger partial charge in [0.2, 0.25) is 0 Å². The molecule has 4 nitrogen and oxygen atoms in total. The molecule has 0 aliphatic carbocycles. The van der Waals surface area contributed by atoms with Crippen molar-refractivity contribution in [2.75, 3.05) is 33.4 Å². The van der Waals surface area contributed by atoms with Crippen molar-refractivity contribution in [2.45, 2.75) is 13.5 Å². The number of thiocarbonyl (C=S) groups is 1. The number of halogens is 1. The Morgan fingerprint density at radius 2 is 1.85 bits per heavy atom. The van der Waals surface area contributed by atoms with Crippen molar-refractivity contribution >= 4 is 33.1 Å². The van der Waals surface area contributed by atoms with E-state index in [0.717, 1.165) is 33.7 Å². The van der Waals surface area contributed by atoms with Gasteiger partial charge in [0.15, 0.2) is 11.5 Å². The summed E-state index contributed by atoms with van der Waals surface area (Å²) < 4.78 is 17.8. The van der Waals surface area contributed by atoms with Crippen LogP contribution in [0.15, 0.2) is 40.9 Å². The SMILES string of the molecule is COc1cc(C(=S)N2CCOCC2)c(Br)cc1OCc1ccc(C)cc1. The molecule has 3 rings (SSSR count). The summed E-state index contributed by atoms with van der Waals surface area (Å²) in [5, 5.41) is 0. The Morgan fingerprint density at radius 1 is 1.15 bits per heavy atom. The minimum Gasteiger partial charge on any atom is -0.493 e. The van der Waals surface area contributed by atoms with Crippen LogP contribution in [0.3, 0.4) is 0 Å². The van der Waals surface area contributed by atoms with E-state index in [0.29, 0.717) is 31.3 Å². The number of morpholine rings is 1. The van der Waals surface area contributed by atoms with Crippen LogP contribution in [0.5, 0.6) is 11.5 Å². The molecule has 1 heterocycles. The minimum absolute atomic E-state index is 0.482. The second kappa shape index (κ2) is 8.84. The first-order valence-corrected chi connectivity index (χ1v) is 9.71. The lowest BCUT2D eigenvalue weighted by Gasteiger charge is -2.29. The van der Waals surface area contributed by atoms with Gasteiger partial charge in [0.05, 0.1) is 20.3 Å². The average Bonchev–Trinajstić information content (AvgIpc) is 2.68. The zero-order valence-corrected chi connectivity index (χ0v) is 17.4. The number of hydrogen-bond acceptors (Lipinski definition) is 4. The molecule has 138 valence electrons. The molecule has 0 saturated carbocycles. The predicted molar refractivity (Wildman–Crippen MR) is 110 cm³/mol. The highest BCUT2D eigenvalue weighted by Gasteiger charge is 2.20. The van der Waals surface area contributed by atoms with Crippen LogP contribution in [0.2, 0.25) is 0 Å². The maximum atomic E-state index is 5.98. The minimum atomic E-state index is 0.482. The maximum absolute atomic E-state index is 5.98. The first-order valence-electron chi connectivity index (χ1n) is 8.51. The summed E-state index contributed by atoms with van der Waals surface area (Å²) in [6, 6.07) is 12.2. The summed E-state index contributed by atoms with van der Waals surface area (Å²) in [7, 11) is 1.64. The summed E-state index contributed by atoms with van der Waals surface area (Å²) >= 11 is 9.31. The third-order valence-electron chi connectivity index (χ3n) is 4.30. The monoisotopic (exact) mass is 435 g/mol. The van der Waals surface area contributed by atoms with Crippen molar-refractivity contribution < 1.29 is 14.2 Å². The number of benzene rings is 2. The Hall–Kier alpha value is -1.63. The summed E-state index contributed by atoms with van der Waals surface area (Å²) in [6.07, 6.45) is 0. The summed E-state index contributed by atoms with van der Waals surface area (Å²) in [4.78, 5) is 2.95. The van der Waals surface area contributed by atoms with E-state index in [4.69, 9.17) is 26.4 Å². The van der Waals surface area contributed by atoms with Gasteiger partial charge in [0.25, 0.3) is 0 Å². The Bertz CT molecular complexity index is 773. The van der Waals surface area contributed by atoms with E-state index in [-0.39, 0.29) is 0 Å². The molecule has 0 radical (unpaired) electrons. The van der Waals surface area contributed by atoms with Crippen molar-refractivity contribution in [3.8, 4) is 11.5 Å². The topological polar surface area (TPSA) is 30.9 Å². The van der Waals surface area contributed by atoms with Crippen LogP contribution in [0.25, 0.3) is 0 Å². The Balaban J connectivity index is 1.77. The van der Waals surface area contributed by atoms with Crippen molar-refractivity contribution in [1.29, 1.82) is 0 Å². The average molecular weight is 436 g/mol. The smallest absolute Gasteiger partial charge is 0.162 e. The van der Waals surface area contributed by atoms with Gasteiger partial charge in [-0.2, -0.15) is 0 Å². The number of nitrogens with zero attached hydrogens (tertiary/aromatic N) is 1. The van der Waals surface area contributed by atoms with E-state index in [1.165, 1.54) is 5.56 Å². The lowest BCUT2D eigenvalue weighted by Crippen LogP contribution is -2.40. The molecule has 0 unspecified atom stereocenters. The normalized spacial score (nSPS) is 14.2. The second-order valence-electron chi connectivity index (χ2n) is 6.16. The lowest BCUT2D eigenvalue weighted by atomic mass is 10.1. The van der Waals surface area contributed by atoms with Gasteiger partial charge in [0.1, 0.15) is 11.6 Å². The van der Waals surface area contributed by atoms with E-state index in [9.17, 15) is 0 Å². The van der Waals surface area contributed by atoms with Crippen LogP contribution in [0.1, 0.15) is 16.7 Å². The highest BCUT2D eigenvalue weighted by atomic mass is 79.9. The predicted octanol–water partition coefficient (Wildman–Crippen LogP) is 4.35. The van der Waals surface area contributed by atoms with E-state index < -0.39 is 0 Å². The molecule has 1 aliphatic rings. The molecule has 1 aliphatic heterocycles. The number of hydrogen-bond donors (Lipinski definition) is 0. The van der Waals surface area contributed by atoms with Crippen LogP contribution >= 0.6 is 28.1 Å². The molecule has 0 atom stereocenters. The van der Waals surface area contributed by atoms with Crippen molar-refractivity contribution in [3.63, 3.8) is 0 Å². The van der Waals surface area contributed by atoms with Gasteiger partial charge in [-0.25, -0.2) is 0 Å². The molecule has 0 N–H and O–H groups in total. The number of ether oxygens (including phenoxy) is 3. The molecule has 1 saturated heterocycles. The second-order valence-corrected chi connectivity index (χ2v) is 7.40.